The second kappa shape index (κ2) is 10.8. The number of nitrogens with zero attached hydrogens (tertiary/aromatic N) is 2. The molecule has 0 bridgehead atoms. The Morgan fingerprint density at radius 2 is 1.76 bits per heavy atom. The molecule has 1 fully saturated rings. The van der Waals surface area contributed by atoms with E-state index < -0.39 is 30.0 Å². The first-order valence-corrected chi connectivity index (χ1v) is 12.1. The van der Waals surface area contributed by atoms with Crippen molar-refractivity contribution in [2.45, 2.75) is 63.8 Å². The Hall–Kier alpha value is -3.66. The summed E-state index contributed by atoms with van der Waals surface area (Å²) in [6, 6.07) is 15.4. The summed E-state index contributed by atoms with van der Waals surface area (Å²) in [7, 11) is 0. The van der Waals surface area contributed by atoms with E-state index in [0.29, 0.717) is 23.5 Å². The number of carbonyl (C=O) groups excluding carboxylic acids is 2. The van der Waals surface area contributed by atoms with Gasteiger partial charge in [0.15, 0.2) is 0 Å². The summed E-state index contributed by atoms with van der Waals surface area (Å²) < 4.78 is 47.0. The number of halogens is 3. The van der Waals surface area contributed by atoms with Crippen LogP contribution in [0.2, 0.25) is 0 Å². The topological polar surface area (TPSA) is 91.8 Å². The van der Waals surface area contributed by atoms with Crippen molar-refractivity contribution in [2.24, 2.45) is 0 Å². The van der Waals surface area contributed by atoms with Gasteiger partial charge in [-0.25, -0.2) is 5.48 Å². The molecule has 1 aliphatic rings. The maximum atomic E-state index is 13.7. The molecule has 0 unspecified atom stereocenters. The minimum atomic E-state index is -5.14. The van der Waals surface area contributed by atoms with Gasteiger partial charge in [-0.15, -0.1) is 0 Å². The predicted molar refractivity (Wildman–Crippen MR) is 131 cm³/mol. The second-order valence-electron chi connectivity index (χ2n) is 9.36. The maximum Gasteiger partial charge on any atom is 0.471 e. The second-order valence-corrected chi connectivity index (χ2v) is 9.36. The van der Waals surface area contributed by atoms with Crippen molar-refractivity contribution >= 4 is 28.4 Å². The van der Waals surface area contributed by atoms with Crippen LogP contribution in [0.15, 0.2) is 54.6 Å². The quantitative estimate of drug-likeness (QED) is 0.315. The molecule has 10 heteroatoms. The van der Waals surface area contributed by atoms with Gasteiger partial charge in [0.1, 0.15) is 12.4 Å². The van der Waals surface area contributed by atoms with E-state index in [9.17, 15) is 22.8 Å². The molecule has 7 nitrogen and oxygen atoms in total. The Morgan fingerprint density at radius 1 is 1.08 bits per heavy atom. The molecule has 196 valence electrons. The van der Waals surface area contributed by atoms with Crippen molar-refractivity contribution in [3.63, 3.8) is 0 Å². The van der Waals surface area contributed by atoms with E-state index in [-0.39, 0.29) is 25.1 Å². The highest BCUT2D eigenvalue weighted by atomic mass is 19.4. The molecule has 0 aliphatic heterocycles. The summed E-state index contributed by atoms with van der Waals surface area (Å²) in [5.74, 6) is -2.48. The number of ether oxygens (including phenoxy) is 1. The summed E-state index contributed by atoms with van der Waals surface area (Å²) in [6.07, 6.45) is -3.29. The number of amides is 2. The zero-order chi connectivity index (χ0) is 26.6. The van der Waals surface area contributed by atoms with Gasteiger partial charge in [-0.1, -0.05) is 37.5 Å². The molecule has 37 heavy (non-hydrogen) atoms. The number of pyridine rings is 1. The first-order chi connectivity index (χ1) is 17.6. The summed E-state index contributed by atoms with van der Waals surface area (Å²) in [5, 5.41) is 10.00. The molecule has 1 saturated carbocycles. The summed E-state index contributed by atoms with van der Waals surface area (Å²) >= 11 is 0. The summed E-state index contributed by atoms with van der Waals surface area (Å²) in [6.45, 7) is 2.10. The number of nitrogens with one attached hydrogen (secondary N) is 1. The molecule has 0 saturated heterocycles. The van der Waals surface area contributed by atoms with E-state index in [2.05, 4.69) is 4.98 Å². The standard InChI is InChI=1S/C27H28F3N3O4/c1-18-15-19(22-7-3-4-8-23(22)31-18)17-37-21-11-9-20(10-12-21)33(25(35)27(28,29)30)26(16-24(34)32-36)13-5-2-6-14-26/h3-4,7-12,15,36H,2,5-6,13-14,16-17H2,1H3,(H,32,34). The van der Waals surface area contributed by atoms with Gasteiger partial charge in [-0.3, -0.25) is 24.7 Å². The summed E-state index contributed by atoms with van der Waals surface area (Å²) in [4.78, 5) is 29.9. The maximum absolute atomic E-state index is 13.7. The molecule has 1 heterocycles. The Bertz CT molecular complexity index is 1270. The lowest BCUT2D eigenvalue weighted by molar-refractivity contribution is -0.172. The van der Waals surface area contributed by atoms with Crippen molar-refractivity contribution in [1.82, 2.24) is 10.5 Å². The van der Waals surface area contributed by atoms with Crippen LogP contribution >= 0.6 is 0 Å². The Kier molecular flexibility index (Phi) is 7.68. The summed E-state index contributed by atoms with van der Waals surface area (Å²) in [5.41, 5.74) is 2.68. The van der Waals surface area contributed by atoms with E-state index in [1.807, 2.05) is 37.3 Å². The fraction of sp³-hybridized carbons (Fsp3) is 0.370. The zero-order valence-electron chi connectivity index (χ0n) is 20.3. The lowest BCUT2D eigenvalue weighted by atomic mass is 9.77. The minimum Gasteiger partial charge on any atom is -0.489 e. The van der Waals surface area contributed by atoms with Gasteiger partial charge in [0, 0.05) is 22.3 Å². The number of alkyl halides is 3. The van der Waals surface area contributed by atoms with Crippen molar-refractivity contribution < 1.29 is 32.7 Å². The van der Waals surface area contributed by atoms with Crippen LogP contribution in [0.3, 0.4) is 0 Å². The normalized spacial score (nSPS) is 15.3. The molecule has 2 N–H and O–H groups in total. The molecule has 2 amide bonds. The lowest BCUT2D eigenvalue weighted by Crippen LogP contribution is -2.58. The SMILES string of the molecule is Cc1cc(COc2ccc(N(C(=O)C(F)(F)F)C3(CC(=O)NO)CCCCC3)cc2)c2ccccc2n1. The van der Waals surface area contributed by atoms with Crippen LogP contribution in [0, 0.1) is 6.92 Å². The molecular formula is C27H28F3N3O4. The van der Waals surface area contributed by atoms with Gasteiger partial charge in [0.2, 0.25) is 5.91 Å². The number of hydrogen-bond acceptors (Lipinski definition) is 5. The smallest absolute Gasteiger partial charge is 0.471 e. The number of fused-ring (bicyclic) bond motifs is 1. The fourth-order valence-corrected chi connectivity index (χ4v) is 5.13. The first-order valence-electron chi connectivity index (χ1n) is 12.1. The number of aromatic nitrogens is 1. The number of benzene rings is 2. The van der Waals surface area contributed by atoms with Gasteiger partial charge in [0.05, 0.1) is 17.5 Å². The number of hydroxylamine groups is 1. The van der Waals surface area contributed by atoms with Crippen molar-refractivity contribution in [3.8, 4) is 5.75 Å². The lowest BCUT2D eigenvalue weighted by Gasteiger charge is -2.46. The number of anilines is 1. The minimum absolute atomic E-state index is 0.00696. The van der Waals surface area contributed by atoms with Crippen LogP contribution < -0.4 is 15.1 Å². The fourth-order valence-electron chi connectivity index (χ4n) is 5.13. The van der Waals surface area contributed by atoms with Gasteiger partial charge in [-0.05, 0) is 56.2 Å². The number of rotatable bonds is 7. The molecule has 1 aromatic heterocycles. The van der Waals surface area contributed by atoms with E-state index in [0.717, 1.165) is 28.6 Å². The third-order valence-corrected chi connectivity index (χ3v) is 6.74. The zero-order valence-corrected chi connectivity index (χ0v) is 20.3. The van der Waals surface area contributed by atoms with Crippen LogP contribution in [0.1, 0.15) is 49.8 Å². The van der Waals surface area contributed by atoms with E-state index >= 15 is 0 Å². The number of aryl methyl sites for hydroxylation is 1. The average Bonchev–Trinajstić information content (AvgIpc) is 2.88. The highest BCUT2D eigenvalue weighted by Crippen LogP contribution is 2.42. The van der Waals surface area contributed by atoms with E-state index in [4.69, 9.17) is 9.94 Å². The Morgan fingerprint density at radius 3 is 2.41 bits per heavy atom. The predicted octanol–water partition coefficient (Wildman–Crippen LogP) is 5.62. The Labute approximate surface area is 212 Å². The first kappa shape index (κ1) is 26.4. The van der Waals surface area contributed by atoms with Crippen LogP contribution in [-0.2, 0) is 16.2 Å². The van der Waals surface area contributed by atoms with Crippen LogP contribution in [0.4, 0.5) is 18.9 Å². The Balaban J connectivity index is 1.63. The van der Waals surface area contributed by atoms with Crippen LogP contribution in [0.5, 0.6) is 5.75 Å². The molecule has 4 rings (SSSR count). The van der Waals surface area contributed by atoms with E-state index in [1.54, 1.807) is 0 Å². The number of carbonyl (C=O) groups is 2. The highest BCUT2D eigenvalue weighted by molar-refractivity contribution is 5.99. The van der Waals surface area contributed by atoms with Gasteiger partial charge in [-0.2, -0.15) is 13.2 Å². The van der Waals surface area contributed by atoms with Crippen LogP contribution in [-0.4, -0.2) is 33.7 Å². The molecular weight excluding hydrogens is 487 g/mol. The molecule has 2 aromatic carbocycles. The average molecular weight is 516 g/mol. The molecule has 0 radical (unpaired) electrons. The molecule has 0 spiro atoms. The highest BCUT2D eigenvalue weighted by Gasteiger charge is 2.51. The van der Waals surface area contributed by atoms with Gasteiger partial charge in [0.25, 0.3) is 0 Å². The van der Waals surface area contributed by atoms with Gasteiger partial charge >= 0.3 is 12.1 Å². The third-order valence-electron chi connectivity index (χ3n) is 6.74. The number of hydrogen-bond donors (Lipinski definition) is 2. The largest absolute Gasteiger partial charge is 0.489 e. The third kappa shape index (κ3) is 5.85. The van der Waals surface area contributed by atoms with Crippen molar-refractivity contribution in [1.29, 1.82) is 0 Å². The molecule has 1 aliphatic carbocycles. The molecule has 3 aromatic rings. The van der Waals surface area contributed by atoms with Gasteiger partial charge < -0.3 is 4.74 Å². The van der Waals surface area contributed by atoms with E-state index in [1.165, 1.54) is 29.7 Å². The van der Waals surface area contributed by atoms with Crippen molar-refractivity contribution in [3.05, 3.63) is 65.9 Å². The number of para-hydroxylation sites is 1. The molecule has 0 atom stereocenters. The van der Waals surface area contributed by atoms with Crippen LogP contribution in [0.25, 0.3) is 10.9 Å². The monoisotopic (exact) mass is 515 g/mol. The van der Waals surface area contributed by atoms with Crippen molar-refractivity contribution in [2.75, 3.05) is 4.90 Å².